The average Bonchev–Trinajstić information content (AvgIpc) is 2.45. The van der Waals surface area contributed by atoms with Crippen molar-refractivity contribution >= 4 is 5.91 Å². The summed E-state index contributed by atoms with van der Waals surface area (Å²) in [5.41, 5.74) is 0.217. The van der Waals surface area contributed by atoms with Gasteiger partial charge in [0.2, 0.25) is 5.91 Å². The summed E-state index contributed by atoms with van der Waals surface area (Å²) in [5, 5.41) is 3.56. The predicted octanol–water partition coefficient (Wildman–Crippen LogP) is 2.43. The molecule has 1 aliphatic rings. The molecular weight excluding hydrogens is 252 g/mol. The van der Waals surface area contributed by atoms with Crippen molar-refractivity contribution in [1.29, 1.82) is 0 Å². The van der Waals surface area contributed by atoms with Gasteiger partial charge in [0.15, 0.2) is 0 Å². The quantitative estimate of drug-likeness (QED) is 0.707. The van der Waals surface area contributed by atoms with Gasteiger partial charge in [-0.25, -0.2) is 0 Å². The molecule has 0 aromatic carbocycles. The Morgan fingerprint density at radius 2 is 1.95 bits per heavy atom. The highest BCUT2D eigenvalue weighted by Gasteiger charge is 2.50. The van der Waals surface area contributed by atoms with Crippen LogP contribution in [0, 0.1) is 5.41 Å². The molecule has 1 fully saturated rings. The van der Waals surface area contributed by atoms with Crippen molar-refractivity contribution in [1.82, 2.24) is 10.2 Å². The minimum Gasteiger partial charge on any atom is -0.378 e. The first-order valence-corrected chi connectivity index (χ1v) is 8.16. The number of nitrogens with zero attached hydrogens (tertiary/aromatic N) is 1. The third-order valence-electron chi connectivity index (χ3n) is 4.96. The molecule has 0 heterocycles. The average molecular weight is 284 g/mol. The molecule has 0 aromatic heterocycles. The van der Waals surface area contributed by atoms with Gasteiger partial charge in [0.1, 0.15) is 0 Å². The summed E-state index contributed by atoms with van der Waals surface area (Å²) in [7, 11) is 0. The van der Waals surface area contributed by atoms with E-state index < -0.39 is 0 Å². The van der Waals surface area contributed by atoms with Gasteiger partial charge in [0.05, 0.1) is 6.10 Å². The van der Waals surface area contributed by atoms with Gasteiger partial charge in [-0.2, -0.15) is 0 Å². The molecule has 0 aromatic rings. The van der Waals surface area contributed by atoms with E-state index in [0.717, 1.165) is 39.1 Å². The van der Waals surface area contributed by atoms with Crippen LogP contribution in [-0.4, -0.2) is 49.2 Å². The van der Waals surface area contributed by atoms with Crippen LogP contribution in [0.4, 0.5) is 0 Å². The van der Waals surface area contributed by atoms with Crippen molar-refractivity contribution in [3.05, 3.63) is 0 Å². The Bertz CT molecular complexity index is 305. The zero-order chi connectivity index (χ0) is 15.2. The number of hydrogen-bond donors (Lipinski definition) is 1. The molecule has 0 bridgehead atoms. The van der Waals surface area contributed by atoms with E-state index in [0.29, 0.717) is 18.6 Å². The maximum atomic E-state index is 12.0. The van der Waals surface area contributed by atoms with Crippen molar-refractivity contribution in [3.63, 3.8) is 0 Å². The van der Waals surface area contributed by atoms with Gasteiger partial charge >= 0.3 is 0 Å². The molecule has 1 amide bonds. The summed E-state index contributed by atoms with van der Waals surface area (Å²) < 4.78 is 5.80. The minimum atomic E-state index is 0.217. The molecule has 20 heavy (non-hydrogen) atoms. The molecule has 118 valence electrons. The Morgan fingerprint density at radius 1 is 1.30 bits per heavy atom. The van der Waals surface area contributed by atoms with E-state index in [1.165, 1.54) is 0 Å². The van der Waals surface area contributed by atoms with Crippen LogP contribution in [0.1, 0.15) is 53.9 Å². The lowest BCUT2D eigenvalue weighted by molar-refractivity contribution is -0.132. The second-order valence-electron chi connectivity index (χ2n) is 5.86. The summed E-state index contributed by atoms with van der Waals surface area (Å²) in [6.07, 6.45) is 3.14. The molecule has 0 aliphatic heterocycles. The number of nitrogens with one attached hydrogen (secondary N) is 1. The summed E-state index contributed by atoms with van der Waals surface area (Å²) in [4.78, 5) is 13.8. The van der Waals surface area contributed by atoms with Gasteiger partial charge in [-0.1, -0.05) is 13.8 Å². The second kappa shape index (κ2) is 7.99. The summed E-state index contributed by atoms with van der Waals surface area (Å²) >= 11 is 0. The molecule has 3 atom stereocenters. The molecule has 4 nitrogen and oxygen atoms in total. The van der Waals surface area contributed by atoms with Crippen LogP contribution < -0.4 is 5.32 Å². The topological polar surface area (TPSA) is 41.6 Å². The van der Waals surface area contributed by atoms with E-state index in [9.17, 15) is 4.79 Å². The highest BCUT2D eigenvalue weighted by Crippen LogP contribution is 2.45. The largest absolute Gasteiger partial charge is 0.378 e. The fourth-order valence-corrected chi connectivity index (χ4v) is 3.15. The first-order chi connectivity index (χ1) is 9.53. The Labute approximate surface area is 124 Å². The Kier molecular flexibility index (Phi) is 6.96. The van der Waals surface area contributed by atoms with Crippen LogP contribution in [-0.2, 0) is 9.53 Å². The molecule has 4 heteroatoms. The molecule has 3 unspecified atom stereocenters. The highest BCUT2D eigenvalue weighted by molar-refractivity contribution is 5.76. The van der Waals surface area contributed by atoms with E-state index in [4.69, 9.17) is 4.74 Å². The zero-order valence-corrected chi connectivity index (χ0v) is 13.9. The number of carbonyl (C=O) groups is 1. The summed E-state index contributed by atoms with van der Waals surface area (Å²) in [6, 6.07) is 0.480. The number of carbonyl (C=O) groups excluding carboxylic acids is 1. The lowest BCUT2D eigenvalue weighted by Crippen LogP contribution is -2.62. The third-order valence-corrected chi connectivity index (χ3v) is 4.96. The molecule has 1 rings (SSSR count). The molecule has 1 aliphatic carbocycles. The van der Waals surface area contributed by atoms with Crippen LogP contribution in [0.2, 0.25) is 0 Å². The van der Waals surface area contributed by atoms with E-state index in [-0.39, 0.29) is 11.3 Å². The van der Waals surface area contributed by atoms with E-state index in [1.807, 2.05) is 18.7 Å². The van der Waals surface area contributed by atoms with Gasteiger partial charge in [-0.15, -0.1) is 0 Å². The maximum absolute atomic E-state index is 12.0. The third kappa shape index (κ3) is 3.73. The van der Waals surface area contributed by atoms with Crippen molar-refractivity contribution in [3.8, 4) is 0 Å². The SMILES string of the molecule is CCOC1CC(NCCC(=O)N(CC)CC)C1(C)CC. The normalized spacial score (nSPS) is 29.1. The predicted molar refractivity (Wildman–Crippen MR) is 82.8 cm³/mol. The molecule has 0 radical (unpaired) electrons. The van der Waals surface area contributed by atoms with Crippen molar-refractivity contribution in [2.75, 3.05) is 26.2 Å². The van der Waals surface area contributed by atoms with E-state index in [2.05, 4.69) is 26.1 Å². The fourth-order valence-electron chi connectivity index (χ4n) is 3.15. The Morgan fingerprint density at radius 3 is 2.45 bits per heavy atom. The standard InChI is InChI=1S/C16H32N2O2/c1-6-16(5)13(12-14(16)20-9-4)17-11-10-15(19)18(7-2)8-3/h13-14,17H,6-12H2,1-5H3. The minimum absolute atomic E-state index is 0.217. The van der Waals surface area contributed by atoms with Gasteiger partial charge in [-0.05, 0) is 33.6 Å². The van der Waals surface area contributed by atoms with Crippen LogP contribution in [0.5, 0.6) is 0 Å². The fraction of sp³-hybridized carbons (Fsp3) is 0.938. The highest BCUT2D eigenvalue weighted by atomic mass is 16.5. The van der Waals surface area contributed by atoms with Crippen LogP contribution >= 0.6 is 0 Å². The van der Waals surface area contributed by atoms with Gasteiger partial charge < -0.3 is 15.0 Å². The van der Waals surface area contributed by atoms with Crippen molar-refractivity contribution < 1.29 is 9.53 Å². The number of hydrogen-bond acceptors (Lipinski definition) is 3. The summed E-state index contributed by atoms with van der Waals surface area (Å²) in [5.74, 6) is 0.251. The lowest BCUT2D eigenvalue weighted by Gasteiger charge is -2.53. The molecule has 1 saturated carbocycles. The maximum Gasteiger partial charge on any atom is 0.223 e. The van der Waals surface area contributed by atoms with Gasteiger partial charge in [0, 0.05) is 44.1 Å². The van der Waals surface area contributed by atoms with Crippen LogP contribution in [0.3, 0.4) is 0 Å². The van der Waals surface area contributed by atoms with Gasteiger partial charge in [0.25, 0.3) is 0 Å². The molecule has 1 N–H and O–H groups in total. The van der Waals surface area contributed by atoms with Crippen molar-refractivity contribution in [2.24, 2.45) is 5.41 Å². The molecular formula is C16H32N2O2. The Hall–Kier alpha value is -0.610. The number of rotatable bonds is 9. The first kappa shape index (κ1) is 17.4. The Balaban J connectivity index is 2.34. The number of ether oxygens (including phenoxy) is 1. The smallest absolute Gasteiger partial charge is 0.223 e. The van der Waals surface area contributed by atoms with Crippen LogP contribution in [0.25, 0.3) is 0 Å². The van der Waals surface area contributed by atoms with E-state index in [1.54, 1.807) is 0 Å². The van der Waals surface area contributed by atoms with E-state index >= 15 is 0 Å². The molecule has 0 spiro atoms. The second-order valence-corrected chi connectivity index (χ2v) is 5.86. The summed E-state index contributed by atoms with van der Waals surface area (Å²) in [6.45, 7) is 13.8. The number of amides is 1. The van der Waals surface area contributed by atoms with Gasteiger partial charge in [-0.3, -0.25) is 4.79 Å². The lowest BCUT2D eigenvalue weighted by atomic mass is 9.61. The monoisotopic (exact) mass is 284 g/mol. The first-order valence-electron chi connectivity index (χ1n) is 8.16. The zero-order valence-electron chi connectivity index (χ0n) is 13.9. The van der Waals surface area contributed by atoms with Crippen LogP contribution in [0.15, 0.2) is 0 Å². The molecule has 0 saturated heterocycles. The van der Waals surface area contributed by atoms with Crippen molar-refractivity contribution in [2.45, 2.75) is 66.0 Å².